The van der Waals surface area contributed by atoms with Crippen molar-refractivity contribution in [2.45, 2.75) is 39.8 Å². The maximum atomic E-state index is 12.4. The smallest absolute Gasteiger partial charge is 0.220 e. The predicted molar refractivity (Wildman–Crippen MR) is 124 cm³/mol. The molecule has 0 spiro atoms. The molecule has 3 nitrogen and oxygen atoms in total. The highest BCUT2D eigenvalue weighted by atomic mass is 16.1. The van der Waals surface area contributed by atoms with Crippen molar-refractivity contribution in [3.05, 3.63) is 107 Å². The standard InChI is InChI=1S/C27H28N2O/c1-20-11-13-22(14-12-20)18-29-19-24(25-9-5-6-10-26(25)29)15-16-27(30)28-17-23-8-4-3-7-21(23)2/h3-14,19H,15-18H2,1-2H3,(H,28,30). The molecule has 3 heteroatoms. The van der Waals surface area contributed by atoms with Gasteiger partial charge in [0, 0.05) is 36.6 Å². The van der Waals surface area contributed by atoms with Crippen LogP contribution >= 0.6 is 0 Å². The molecule has 4 aromatic rings. The third-order valence-electron chi connectivity index (χ3n) is 5.70. The van der Waals surface area contributed by atoms with Crippen molar-refractivity contribution in [1.29, 1.82) is 0 Å². The van der Waals surface area contributed by atoms with Crippen LogP contribution in [0.15, 0.2) is 79.0 Å². The Morgan fingerprint density at radius 1 is 0.867 bits per heavy atom. The summed E-state index contributed by atoms with van der Waals surface area (Å²) in [5, 5.41) is 4.30. The molecule has 0 fully saturated rings. The molecule has 1 heterocycles. The monoisotopic (exact) mass is 396 g/mol. The van der Waals surface area contributed by atoms with Crippen LogP contribution in [0.3, 0.4) is 0 Å². The third-order valence-corrected chi connectivity index (χ3v) is 5.70. The van der Waals surface area contributed by atoms with E-state index in [4.69, 9.17) is 0 Å². The number of rotatable bonds is 7. The summed E-state index contributed by atoms with van der Waals surface area (Å²) in [5.74, 6) is 0.0913. The van der Waals surface area contributed by atoms with Gasteiger partial charge in [0.1, 0.15) is 0 Å². The lowest BCUT2D eigenvalue weighted by Gasteiger charge is -2.07. The van der Waals surface area contributed by atoms with Crippen LogP contribution in [0, 0.1) is 13.8 Å². The highest BCUT2D eigenvalue weighted by Gasteiger charge is 2.11. The SMILES string of the molecule is Cc1ccc(Cn2cc(CCC(=O)NCc3ccccc3C)c3ccccc32)cc1. The van der Waals surface area contributed by atoms with E-state index in [9.17, 15) is 4.79 Å². The van der Waals surface area contributed by atoms with Gasteiger partial charge in [-0.05, 0) is 48.6 Å². The minimum atomic E-state index is 0.0913. The molecule has 1 aromatic heterocycles. The Labute approximate surface area is 178 Å². The molecule has 1 N–H and O–H groups in total. The van der Waals surface area contributed by atoms with E-state index in [0.717, 1.165) is 13.0 Å². The van der Waals surface area contributed by atoms with E-state index in [1.165, 1.54) is 38.7 Å². The second-order valence-electron chi connectivity index (χ2n) is 7.99. The zero-order chi connectivity index (χ0) is 20.9. The first-order valence-corrected chi connectivity index (χ1v) is 10.5. The molecule has 152 valence electrons. The number of aromatic nitrogens is 1. The quantitative estimate of drug-likeness (QED) is 0.436. The normalized spacial score (nSPS) is 11.0. The number of amides is 1. The number of nitrogens with one attached hydrogen (secondary N) is 1. The number of carbonyl (C=O) groups excluding carboxylic acids is 1. The third kappa shape index (κ3) is 4.62. The Morgan fingerprint density at radius 2 is 1.60 bits per heavy atom. The summed E-state index contributed by atoms with van der Waals surface area (Å²) in [7, 11) is 0. The van der Waals surface area contributed by atoms with Crippen molar-refractivity contribution in [3.63, 3.8) is 0 Å². The largest absolute Gasteiger partial charge is 0.352 e. The van der Waals surface area contributed by atoms with Gasteiger partial charge in [0.2, 0.25) is 5.91 Å². The Hall–Kier alpha value is -3.33. The van der Waals surface area contributed by atoms with Gasteiger partial charge in [0.15, 0.2) is 0 Å². The zero-order valence-electron chi connectivity index (χ0n) is 17.7. The van der Waals surface area contributed by atoms with Crippen LogP contribution in [0.25, 0.3) is 10.9 Å². The second kappa shape index (κ2) is 9.00. The molecule has 0 bridgehead atoms. The summed E-state index contributed by atoms with van der Waals surface area (Å²) in [6.45, 7) is 5.60. The van der Waals surface area contributed by atoms with Crippen LogP contribution in [-0.4, -0.2) is 10.5 Å². The van der Waals surface area contributed by atoms with Crippen LogP contribution in [0.2, 0.25) is 0 Å². The average Bonchev–Trinajstić information content (AvgIpc) is 3.11. The van der Waals surface area contributed by atoms with Gasteiger partial charge in [-0.25, -0.2) is 0 Å². The van der Waals surface area contributed by atoms with Crippen molar-refractivity contribution < 1.29 is 4.79 Å². The Kier molecular flexibility index (Phi) is 5.99. The first-order valence-electron chi connectivity index (χ1n) is 10.5. The molecule has 30 heavy (non-hydrogen) atoms. The van der Waals surface area contributed by atoms with E-state index >= 15 is 0 Å². The Morgan fingerprint density at radius 3 is 2.40 bits per heavy atom. The molecule has 0 saturated heterocycles. The summed E-state index contributed by atoms with van der Waals surface area (Å²) < 4.78 is 2.29. The van der Waals surface area contributed by atoms with Crippen LogP contribution in [0.5, 0.6) is 0 Å². The van der Waals surface area contributed by atoms with Crippen molar-refractivity contribution in [1.82, 2.24) is 9.88 Å². The lowest BCUT2D eigenvalue weighted by molar-refractivity contribution is -0.121. The molecule has 0 aliphatic rings. The van der Waals surface area contributed by atoms with E-state index in [1.807, 2.05) is 12.1 Å². The minimum absolute atomic E-state index is 0.0913. The molecular formula is C27H28N2O. The van der Waals surface area contributed by atoms with Crippen LogP contribution in [-0.2, 0) is 24.3 Å². The number of hydrogen-bond donors (Lipinski definition) is 1. The molecule has 0 aliphatic heterocycles. The number of benzene rings is 3. The average molecular weight is 397 g/mol. The van der Waals surface area contributed by atoms with Gasteiger partial charge in [0.05, 0.1) is 0 Å². The summed E-state index contributed by atoms with van der Waals surface area (Å²) in [6, 6.07) is 25.3. The van der Waals surface area contributed by atoms with E-state index in [1.54, 1.807) is 0 Å². The fraction of sp³-hybridized carbons (Fsp3) is 0.222. The number of hydrogen-bond acceptors (Lipinski definition) is 1. The maximum absolute atomic E-state index is 12.4. The molecule has 4 rings (SSSR count). The maximum Gasteiger partial charge on any atom is 0.220 e. The summed E-state index contributed by atoms with van der Waals surface area (Å²) in [6.07, 6.45) is 3.44. The van der Waals surface area contributed by atoms with E-state index in [0.29, 0.717) is 13.0 Å². The van der Waals surface area contributed by atoms with Gasteiger partial charge >= 0.3 is 0 Å². The first kappa shape index (κ1) is 20.0. The van der Waals surface area contributed by atoms with E-state index in [2.05, 4.69) is 90.6 Å². The van der Waals surface area contributed by atoms with Crippen LogP contribution in [0.4, 0.5) is 0 Å². The molecular weight excluding hydrogens is 368 g/mol. The molecule has 0 aliphatic carbocycles. The molecule has 0 radical (unpaired) electrons. The fourth-order valence-corrected chi connectivity index (χ4v) is 3.88. The number of aryl methyl sites for hydroxylation is 3. The highest BCUT2D eigenvalue weighted by Crippen LogP contribution is 2.24. The molecule has 0 atom stereocenters. The van der Waals surface area contributed by atoms with Crippen molar-refractivity contribution in [3.8, 4) is 0 Å². The first-order chi connectivity index (χ1) is 14.6. The van der Waals surface area contributed by atoms with Crippen molar-refractivity contribution in [2.75, 3.05) is 0 Å². The van der Waals surface area contributed by atoms with Crippen molar-refractivity contribution in [2.24, 2.45) is 0 Å². The molecule has 0 saturated carbocycles. The second-order valence-corrected chi connectivity index (χ2v) is 7.99. The van der Waals surface area contributed by atoms with Crippen LogP contribution in [0.1, 0.15) is 34.2 Å². The Bertz CT molecular complexity index is 1160. The summed E-state index contributed by atoms with van der Waals surface area (Å²) in [5.41, 5.74) is 7.37. The van der Waals surface area contributed by atoms with Gasteiger partial charge < -0.3 is 9.88 Å². The lowest BCUT2D eigenvalue weighted by atomic mass is 10.1. The highest BCUT2D eigenvalue weighted by molar-refractivity contribution is 5.85. The number of para-hydroxylation sites is 1. The van der Waals surface area contributed by atoms with Gasteiger partial charge in [-0.15, -0.1) is 0 Å². The summed E-state index contributed by atoms with van der Waals surface area (Å²) >= 11 is 0. The van der Waals surface area contributed by atoms with E-state index in [-0.39, 0.29) is 5.91 Å². The van der Waals surface area contributed by atoms with Gasteiger partial charge in [-0.2, -0.15) is 0 Å². The Balaban J connectivity index is 1.44. The number of nitrogens with zero attached hydrogens (tertiary/aromatic N) is 1. The molecule has 3 aromatic carbocycles. The van der Waals surface area contributed by atoms with Gasteiger partial charge in [0.25, 0.3) is 0 Å². The van der Waals surface area contributed by atoms with Crippen molar-refractivity contribution >= 4 is 16.8 Å². The van der Waals surface area contributed by atoms with Gasteiger partial charge in [-0.3, -0.25) is 4.79 Å². The number of carbonyl (C=O) groups is 1. The topological polar surface area (TPSA) is 34.0 Å². The van der Waals surface area contributed by atoms with Crippen LogP contribution < -0.4 is 5.32 Å². The van der Waals surface area contributed by atoms with Gasteiger partial charge in [-0.1, -0.05) is 72.3 Å². The summed E-state index contributed by atoms with van der Waals surface area (Å²) in [4.78, 5) is 12.4. The fourth-order valence-electron chi connectivity index (χ4n) is 3.88. The van der Waals surface area contributed by atoms with E-state index < -0.39 is 0 Å². The lowest BCUT2D eigenvalue weighted by Crippen LogP contribution is -2.23. The molecule has 0 unspecified atom stereocenters. The molecule has 1 amide bonds. The zero-order valence-corrected chi connectivity index (χ0v) is 17.7. The number of fused-ring (bicyclic) bond motifs is 1. The minimum Gasteiger partial charge on any atom is -0.352 e. The predicted octanol–water partition coefficient (Wildman–Crippen LogP) is 5.56.